The summed E-state index contributed by atoms with van der Waals surface area (Å²) in [5.74, 6) is 0.296. The van der Waals surface area contributed by atoms with E-state index in [4.69, 9.17) is 9.47 Å². The maximum Gasteiger partial charge on any atom is 0.416 e. The van der Waals surface area contributed by atoms with Crippen molar-refractivity contribution in [3.05, 3.63) is 48.0 Å². The highest BCUT2D eigenvalue weighted by Crippen LogP contribution is 2.34. The summed E-state index contributed by atoms with van der Waals surface area (Å²) in [5, 5.41) is 5.24. The summed E-state index contributed by atoms with van der Waals surface area (Å²) in [4.78, 5) is 23.6. The van der Waals surface area contributed by atoms with Crippen LogP contribution < -0.4 is 20.1 Å². The Hall–Kier alpha value is -3.23. The van der Waals surface area contributed by atoms with Crippen molar-refractivity contribution in [1.82, 2.24) is 5.32 Å². The molecule has 1 saturated heterocycles. The third-order valence-electron chi connectivity index (χ3n) is 4.16. The molecular weight excluding hydrogens is 377 g/mol. The number of halogens is 3. The van der Waals surface area contributed by atoms with E-state index in [0.29, 0.717) is 23.6 Å². The molecule has 1 fully saturated rings. The van der Waals surface area contributed by atoms with E-state index in [2.05, 4.69) is 10.6 Å². The van der Waals surface area contributed by atoms with E-state index in [1.807, 2.05) is 0 Å². The van der Waals surface area contributed by atoms with E-state index in [1.165, 1.54) is 25.3 Å². The number of amides is 2. The van der Waals surface area contributed by atoms with E-state index in [-0.39, 0.29) is 18.1 Å². The van der Waals surface area contributed by atoms with Gasteiger partial charge in [-0.25, -0.2) is 0 Å². The summed E-state index contributed by atoms with van der Waals surface area (Å²) >= 11 is 0. The number of rotatable bonds is 5. The van der Waals surface area contributed by atoms with E-state index in [9.17, 15) is 22.8 Å². The molecule has 1 aliphatic heterocycles. The number of ether oxygens (including phenoxy) is 2. The molecule has 1 heterocycles. The topological polar surface area (TPSA) is 76.7 Å². The fourth-order valence-electron chi connectivity index (χ4n) is 2.73. The number of carbonyl (C=O) groups is 2. The molecule has 1 unspecified atom stereocenters. The number of hydrogen-bond donors (Lipinski definition) is 2. The molecule has 2 aromatic rings. The van der Waals surface area contributed by atoms with Crippen molar-refractivity contribution in [2.75, 3.05) is 12.4 Å². The lowest BCUT2D eigenvalue weighted by Gasteiger charge is -2.15. The average molecular weight is 394 g/mol. The van der Waals surface area contributed by atoms with Gasteiger partial charge in [0.05, 0.1) is 18.4 Å². The first-order chi connectivity index (χ1) is 13.3. The van der Waals surface area contributed by atoms with Crippen LogP contribution in [-0.4, -0.2) is 25.0 Å². The monoisotopic (exact) mass is 394 g/mol. The molecule has 1 atom stereocenters. The van der Waals surface area contributed by atoms with E-state index in [1.54, 1.807) is 12.1 Å². The zero-order chi connectivity index (χ0) is 20.3. The van der Waals surface area contributed by atoms with Crippen LogP contribution >= 0.6 is 0 Å². The molecule has 9 heteroatoms. The van der Waals surface area contributed by atoms with Gasteiger partial charge in [-0.05, 0) is 42.8 Å². The summed E-state index contributed by atoms with van der Waals surface area (Å²) in [6, 6.07) is 8.24. The van der Waals surface area contributed by atoms with Crippen molar-refractivity contribution < 1.29 is 32.2 Å². The van der Waals surface area contributed by atoms with Gasteiger partial charge in [-0.1, -0.05) is 0 Å². The van der Waals surface area contributed by atoms with Gasteiger partial charge in [-0.3, -0.25) is 9.59 Å². The Morgan fingerprint density at radius 3 is 2.39 bits per heavy atom. The van der Waals surface area contributed by atoms with Crippen LogP contribution in [0.5, 0.6) is 17.2 Å². The summed E-state index contributed by atoms with van der Waals surface area (Å²) in [7, 11) is 1.43. The van der Waals surface area contributed by atoms with Gasteiger partial charge < -0.3 is 20.1 Å². The van der Waals surface area contributed by atoms with Crippen LogP contribution in [0.4, 0.5) is 18.9 Å². The first-order valence-corrected chi connectivity index (χ1v) is 8.39. The Balaban J connectivity index is 1.75. The quantitative estimate of drug-likeness (QED) is 0.810. The van der Waals surface area contributed by atoms with Gasteiger partial charge in [0.25, 0.3) is 0 Å². The standard InChI is InChI=1S/C19H17F3N2O4/c1-27-16-8-6-13(28-12-4-2-11(3-5-12)19(20,21)22)10-15(16)24-18(26)14-7-9-17(25)23-14/h2-6,8,10,14H,7,9H2,1H3,(H,23,25)(H,24,26). The Labute approximate surface area is 158 Å². The zero-order valence-electron chi connectivity index (χ0n) is 14.8. The predicted molar refractivity (Wildman–Crippen MR) is 94.3 cm³/mol. The maximum atomic E-state index is 12.6. The first-order valence-electron chi connectivity index (χ1n) is 8.39. The van der Waals surface area contributed by atoms with Gasteiger partial charge in [0.1, 0.15) is 23.3 Å². The minimum atomic E-state index is -4.42. The maximum absolute atomic E-state index is 12.6. The van der Waals surface area contributed by atoms with Gasteiger partial charge in [0.15, 0.2) is 0 Å². The van der Waals surface area contributed by atoms with Crippen molar-refractivity contribution in [1.29, 1.82) is 0 Å². The molecule has 28 heavy (non-hydrogen) atoms. The lowest BCUT2D eigenvalue weighted by molar-refractivity contribution is -0.137. The highest BCUT2D eigenvalue weighted by atomic mass is 19.4. The molecule has 6 nitrogen and oxygen atoms in total. The number of anilines is 1. The predicted octanol–water partition coefficient (Wildman–Crippen LogP) is 3.72. The molecule has 0 aliphatic carbocycles. The van der Waals surface area contributed by atoms with Crippen LogP contribution in [0.1, 0.15) is 18.4 Å². The van der Waals surface area contributed by atoms with Gasteiger partial charge in [-0.2, -0.15) is 13.2 Å². The number of alkyl halides is 3. The minimum Gasteiger partial charge on any atom is -0.495 e. The Bertz CT molecular complexity index is 882. The second-order valence-electron chi connectivity index (χ2n) is 6.13. The highest BCUT2D eigenvalue weighted by molar-refractivity contribution is 6.00. The fourth-order valence-corrected chi connectivity index (χ4v) is 2.73. The summed E-state index contributed by atoms with van der Waals surface area (Å²) in [6.45, 7) is 0. The van der Waals surface area contributed by atoms with Crippen LogP contribution in [0.15, 0.2) is 42.5 Å². The Kier molecular flexibility index (Phi) is 5.43. The van der Waals surface area contributed by atoms with Gasteiger partial charge in [-0.15, -0.1) is 0 Å². The second kappa shape index (κ2) is 7.79. The summed E-state index contributed by atoms with van der Waals surface area (Å²) < 4.78 is 48.7. The largest absolute Gasteiger partial charge is 0.495 e. The lowest BCUT2D eigenvalue weighted by Crippen LogP contribution is -2.37. The molecule has 2 N–H and O–H groups in total. The average Bonchev–Trinajstić information content (AvgIpc) is 3.08. The Morgan fingerprint density at radius 2 is 1.82 bits per heavy atom. The molecule has 3 rings (SSSR count). The van der Waals surface area contributed by atoms with Crippen molar-refractivity contribution in [2.45, 2.75) is 25.1 Å². The SMILES string of the molecule is COc1ccc(Oc2ccc(C(F)(F)F)cc2)cc1NC(=O)C1CCC(=O)N1. The van der Waals surface area contributed by atoms with Crippen molar-refractivity contribution in [3.8, 4) is 17.2 Å². The number of methoxy groups -OCH3 is 1. The normalized spacial score (nSPS) is 16.4. The molecular formula is C19H17F3N2O4. The van der Waals surface area contributed by atoms with Crippen molar-refractivity contribution in [2.24, 2.45) is 0 Å². The van der Waals surface area contributed by atoms with Crippen molar-refractivity contribution in [3.63, 3.8) is 0 Å². The van der Waals surface area contributed by atoms with E-state index >= 15 is 0 Å². The molecule has 0 radical (unpaired) electrons. The molecule has 0 bridgehead atoms. The minimum absolute atomic E-state index is 0.188. The van der Waals surface area contributed by atoms with Gasteiger partial charge >= 0.3 is 6.18 Å². The first kappa shape index (κ1) is 19.5. The second-order valence-corrected chi connectivity index (χ2v) is 6.13. The van der Waals surface area contributed by atoms with E-state index < -0.39 is 23.7 Å². The van der Waals surface area contributed by atoms with Gasteiger partial charge in [0.2, 0.25) is 11.8 Å². The number of benzene rings is 2. The van der Waals surface area contributed by atoms with Crippen molar-refractivity contribution >= 4 is 17.5 Å². The number of nitrogens with one attached hydrogen (secondary N) is 2. The Morgan fingerprint density at radius 1 is 1.14 bits per heavy atom. The van der Waals surface area contributed by atoms with Crippen LogP contribution in [0.3, 0.4) is 0 Å². The molecule has 2 amide bonds. The summed E-state index contributed by atoms with van der Waals surface area (Å²) in [5.41, 5.74) is -0.459. The fraction of sp³-hybridized carbons (Fsp3) is 0.263. The van der Waals surface area contributed by atoms with Crippen LogP contribution in [0.2, 0.25) is 0 Å². The van der Waals surface area contributed by atoms with Gasteiger partial charge in [0, 0.05) is 12.5 Å². The summed E-state index contributed by atoms with van der Waals surface area (Å²) in [6.07, 6.45) is -3.74. The third kappa shape index (κ3) is 4.54. The van der Waals surface area contributed by atoms with Crippen LogP contribution in [0, 0.1) is 0 Å². The molecule has 2 aromatic carbocycles. The van der Waals surface area contributed by atoms with Crippen LogP contribution in [0.25, 0.3) is 0 Å². The number of carbonyl (C=O) groups excluding carboxylic acids is 2. The molecule has 0 saturated carbocycles. The third-order valence-corrected chi connectivity index (χ3v) is 4.16. The van der Waals surface area contributed by atoms with Crippen LogP contribution in [-0.2, 0) is 15.8 Å². The molecule has 0 aromatic heterocycles. The molecule has 148 valence electrons. The number of hydrogen-bond acceptors (Lipinski definition) is 4. The smallest absolute Gasteiger partial charge is 0.416 e. The lowest BCUT2D eigenvalue weighted by atomic mass is 10.2. The molecule has 0 spiro atoms. The highest BCUT2D eigenvalue weighted by Gasteiger charge is 2.30. The van der Waals surface area contributed by atoms with E-state index in [0.717, 1.165) is 12.1 Å². The zero-order valence-corrected chi connectivity index (χ0v) is 14.8. The molecule has 1 aliphatic rings.